The first-order valence-electron chi connectivity index (χ1n) is 6.63. The highest BCUT2D eigenvalue weighted by Gasteiger charge is 2.24. The average molecular weight is 283 g/mol. The molecule has 0 aromatic heterocycles. The van der Waals surface area contributed by atoms with Crippen LogP contribution in [0.3, 0.4) is 0 Å². The summed E-state index contributed by atoms with van der Waals surface area (Å²) in [7, 11) is 0. The zero-order valence-corrected chi connectivity index (χ0v) is 12.1. The topological polar surface area (TPSA) is 46.4 Å². The number of nitrogens with zero attached hydrogens (tertiary/aromatic N) is 2. The monoisotopic (exact) mass is 282 g/mol. The van der Waals surface area contributed by atoms with Crippen molar-refractivity contribution < 1.29 is 4.92 Å². The van der Waals surface area contributed by atoms with Crippen molar-refractivity contribution in [3.05, 3.63) is 33.9 Å². The molecule has 1 heterocycles. The fraction of sp³-hybridized carbons (Fsp3) is 0.571. The maximum Gasteiger partial charge on any atom is 0.273 e. The Labute approximate surface area is 118 Å². The maximum atomic E-state index is 10.9. The van der Waals surface area contributed by atoms with Gasteiger partial charge in [-0.15, -0.1) is 11.6 Å². The van der Waals surface area contributed by atoms with Gasteiger partial charge in [-0.25, -0.2) is 0 Å². The van der Waals surface area contributed by atoms with Crippen LogP contribution in [0.1, 0.15) is 32.3 Å². The Bertz CT molecular complexity index is 479. The van der Waals surface area contributed by atoms with E-state index in [4.69, 9.17) is 11.6 Å². The molecule has 1 aromatic carbocycles. The molecule has 2 rings (SSSR count). The lowest BCUT2D eigenvalue weighted by Crippen LogP contribution is -2.41. The minimum absolute atomic E-state index is 0.108. The average Bonchev–Trinajstić information content (AvgIpc) is 2.40. The highest BCUT2D eigenvalue weighted by molar-refractivity contribution is 6.17. The molecule has 4 nitrogen and oxygen atoms in total. The van der Waals surface area contributed by atoms with Crippen LogP contribution < -0.4 is 4.90 Å². The maximum absolute atomic E-state index is 10.9. The molecule has 0 spiro atoms. The lowest BCUT2D eigenvalue weighted by molar-refractivity contribution is -0.385. The molecular formula is C14H19ClN2O2. The summed E-state index contributed by atoms with van der Waals surface area (Å²) in [5, 5.41) is 10.9. The van der Waals surface area contributed by atoms with Crippen molar-refractivity contribution in [2.45, 2.75) is 38.6 Å². The van der Waals surface area contributed by atoms with E-state index in [2.05, 4.69) is 18.7 Å². The zero-order valence-electron chi connectivity index (χ0n) is 11.3. The molecule has 1 aliphatic rings. The smallest absolute Gasteiger partial charge is 0.273 e. The predicted molar refractivity (Wildman–Crippen MR) is 77.9 cm³/mol. The molecule has 0 radical (unpaired) electrons. The molecule has 0 bridgehead atoms. The lowest BCUT2D eigenvalue weighted by atomic mass is 9.94. The zero-order chi connectivity index (χ0) is 14.0. The van der Waals surface area contributed by atoms with Gasteiger partial charge in [0.25, 0.3) is 5.69 Å². The van der Waals surface area contributed by atoms with Crippen LogP contribution >= 0.6 is 11.6 Å². The summed E-state index contributed by atoms with van der Waals surface area (Å²) in [6, 6.07) is 5.74. The number of nitro groups is 1. The molecule has 19 heavy (non-hydrogen) atoms. The van der Waals surface area contributed by atoms with Crippen LogP contribution in [0.15, 0.2) is 18.2 Å². The summed E-state index contributed by atoms with van der Waals surface area (Å²) in [6.07, 6.45) is 2.40. The minimum Gasteiger partial charge on any atom is -0.369 e. The number of benzene rings is 1. The van der Waals surface area contributed by atoms with Crippen LogP contribution in [-0.2, 0) is 5.88 Å². The van der Waals surface area contributed by atoms with Gasteiger partial charge in [-0.05, 0) is 37.8 Å². The van der Waals surface area contributed by atoms with Crippen LogP contribution in [0.25, 0.3) is 0 Å². The number of halogens is 1. The van der Waals surface area contributed by atoms with Crippen LogP contribution in [0.2, 0.25) is 0 Å². The Morgan fingerprint density at radius 3 is 2.79 bits per heavy atom. The molecular weight excluding hydrogens is 264 g/mol. The van der Waals surface area contributed by atoms with Crippen molar-refractivity contribution in [2.24, 2.45) is 5.92 Å². The summed E-state index contributed by atoms with van der Waals surface area (Å²) in [5.74, 6) is 0.827. The number of hydrogen-bond donors (Lipinski definition) is 0. The van der Waals surface area contributed by atoms with E-state index in [1.807, 2.05) is 12.1 Å². The van der Waals surface area contributed by atoms with Crippen LogP contribution in [-0.4, -0.2) is 17.5 Å². The van der Waals surface area contributed by atoms with E-state index in [-0.39, 0.29) is 16.5 Å². The fourth-order valence-corrected chi connectivity index (χ4v) is 2.90. The van der Waals surface area contributed by atoms with Crippen molar-refractivity contribution in [2.75, 3.05) is 11.4 Å². The molecule has 0 saturated carbocycles. The molecule has 104 valence electrons. The first-order chi connectivity index (χ1) is 9.02. The molecule has 1 aliphatic heterocycles. The normalized spacial score (nSPS) is 23.4. The van der Waals surface area contributed by atoms with E-state index in [9.17, 15) is 10.1 Å². The third-order valence-electron chi connectivity index (χ3n) is 3.85. The Morgan fingerprint density at radius 2 is 2.16 bits per heavy atom. The highest BCUT2D eigenvalue weighted by atomic mass is 35.5. The van der Waals surface area contributed by atoms with Crippen molar-refractivity contribution in [1.29, 1.82) is 0 Å². The van der Waals surface area contributed by atoms with Gasteiger partial charge >= 0.3 is 0 Å². The second-order valence-corrected chi connectivity index (χ2v) is 5.65. The van der Waals surface area contributed by atoms with Crippen molar-refractivity contribution in [3.8, 4) is 0 Å². The molecule has 1 saturated heterocycles. The molecule has 5 heteroatoms. The fourth-order valence-electron chi connectivity index (χ4n) is 2.68. The van der Waals surface area contributed by atoms with Gasteiger partial charge in [-0.2, -0.15) is 0 Å². The largest absolute Gasteiger partial charge is 0.369 e. The van der Waals surface area contributed by atoms with Crippen LogP contribution in [0.4, 0.5) is 11.4 Å². The SMILES string of the molecule is CC1CCC(C)N(c2ccc([N+](=O)[O-])c(CCl)c2)C1. The number of anilines is 1. The number of alkyl halides is 1. The summed E-state index contributed by atoms with van der Waals surface area (Å²) in [6.45, 7) is 5.45. The Kier molecular flexibility index (Phi) is 4.30. The first-order valence-corrected chi connectivity index (χ1v) is 7.16. The molecule has 1 aromatic rings. The van der Waals surface area contributed by atoms with E-state index in [0.717, 1.165) is 18.7 Å². The van der Waals surface area contributed by atoms with Crippen molar-refractivity contribution in [3.63, 3.8) is 0 Å². The van der Waals surface area contributed by atoms with Crippen LogP contribution in [0.5, 0.6) is 0 Å². The van der Waals surface area contributed by atoms with E-state index in [1.54, 1.807) is 6.07 Å². The Balaban J connectivity index is 2.32. The quantitative estimate of drug-likeness (QED) is 0.479. The number of nitro benzene ring substituents is 1. The third-order valence-corrected chi connectivity index (χ3v) is 4.14. The molecule has 2 atom stereocenters. The Morgan fingerprint density at radius 1 is 1.42 bits per heavy atom. The molecule has 2 unspecified atom stereocenters. The summed E-state index contributed by atoms with van der Waals surface area (Å²) in [4.78, 5) is 12.9. The van der Waals surface area contributed by atoms with Gasteiger partial charge in [0.15, 0.2) is 0 Å². The summed E-state index contributed by atoms with van der Waals surface area (Å²) in [5.41, 5.74) is 1.74. The van der Waals surface area contributed by atoms with Gasteiger partial charge in [-0.1, -0.05) is 6.92 Å². The minimum atomic E-state index is -0.371. The van der Waals surface area contributed by atoms with E-state index in [1.165, 1.54) is 6.42 Å². The van der Waals surface area contributed by atoms with Gasteiger partial charge in [-0.3, -0.25) is 10.1 Å². The highest BCUT2D eigenvalue weighted by Crippen LogP contribution is 2.31. The summed E-state index contributed by atoms with van der Waals surface area (Å²) < 4.78 is 0. The lowest BCUT2D eigenvalue weighted by Gasteiger charge is -2.38. The van der Waals surface area contributed by atoms with Gasteiger partial charge < -0.3 is 4.90 Å². The van der Waals surface area contributed by atoms with Crippen molar-refractivity contribution >= 4 is 23.0 Å². The molecule has 0 amide bonds. The van der Waals surface area contributed by atoms with Crippen molar-refractivity contribution in [1.82, 2.24) is 0 Å². The first kappa shape index (κ1) is 14.1. The predicted octanol–water partition coefficient (Wildman–Crippen LogP) is 3.96. The second-order valence-electron chi connectivity index (χ2n) is 5.39. The number of rotatable bonds is 3. The molecule has 0 N–H and O–H groups in total. The van der Waals surface area contributed by atoms with Crippen LogP contribution in [0, 0.1) is 16.0 Å². The van der Waals surface area contributed by atoms with Gasteiger partial charge in [0.2, 0.25) is 0 Å². The standard InChI is InChI=1S/C14H19ClN2O2/c1-10-3-4-11(2)16(9-10)13-5-6-14(17(18)19)12(7-13)8-15/h5-7,10-11H,3-4,8-9H2,1-2H3. The molecule has 1 fully saturated rings. The Hall–Kier alpha value is -1.29. The van der Waals surface area contributed by atoms with E-state index in [0.29, 0.717) is 17.5 Å². The van der Waals surface area contributed by atoms with Gasteiger partial charge in [0.1, 0.15) is 0 Å². The van der Waals surface area contributed by atoms with Gasteiger partial charge in [0, 0.05) is 29.9 Å². The number of hydrogen-bond acceptors (Lipinski definition) is 3. The van der Waals surface area contributed by atoms with Gasteiger partial charge in [0.05, 0.1) is 10.8 Å². The van der Waals surface area contributed by atoms with E-state index < -0.39 is 0 Å². The second kappa shape index (κ2) is 5.78. The third kappa shape index (κ3) is 3.00. The molecule has 0 aliphatic carbocycles. The van der Waals surface area contributed by atoms with E-state index >= 15 is 0 Å². The summed E-state index contributed by atoms with van der Waals surface area (Å²) >= 11 is 5.83. The number of piperidine rings is 1.